The lowest BCUT2D eigenvalue weighted by Crippen LogP contribution is -2.40. The van der Waals surface area contributed by atoms with Crippen LogP contribution in [-0.2, 0) is 5.41 Å². The third-order valence-corrected chi connectivity index (χ3v) is 4.63. The van der Waals surface area contributed by atoms with Gasteiger partial charge in [-0.3, -0.25) is 0 Å². The van der Waals surface area contributed by atoms with Crippen molar-refractivity contribution in [2.75, 3.05) is 12.8 Å². The molecule has 0 bridgehead atoms. The van der Waals surface area contributed by atoms with Crippen molar-refractivity contribution in [1.82, 2.24) is 10.3 Å². The van der Waals surface area contributed by atoms with Crippen molar-refractivity contribution in [2.24, 2.45) is 0 Å². The van der Waals surface area contributed by atoms with Crippen LogP contribution in [0, 0.1) is 0 Å². The van der Waals surface area contributed by atoms with Crippen LogP contribution in [0.3, 0.4) is 0 Å². The maximum atomic E-state index is 6.13. The Bertz CT molecular complexity index is 562. The number of hydrogen-bond donors (Lipinski definition) is 2. The molecule has 3 heteroatoms. The smallest absolute Gasteiger partial charge is 0.128 e. The minimum Gasteiger partial charge on any atom is -0.383 e. The Morgan fingerprint density at radius 1 is 1.10 bits per heavy atom. The molecule has 21 heavy (non-hydrogen) atoms. The van der Waals surface area contributed by atoms with Gasteiger partial charge in [0.05, 0.1) is 0 Å². The molecule has 3 nitrogen and oxygen atoms in total. The Labute approximate surface area is 127 Å². The fraction of sp³-hybridized carbons (Fsp3) is 0.389. The van der Waals surface area contributed by atoms with Gasteiger partial charge in [-0.25, -0.2) is 4.98 Å². The highest BCUT2D eigenvalue weighted by molar-refractivity contribution is 5.44. The molecule has 112 valence electrons. The van der Waals surface area contributed by atoms with Crippen LogP contribution in [0.2, 0.25) is 0 Å². The number of pyridine rings is 1. The molecule has 1 heterocycles. The predicted molar refractivity (Wildman–Crippen MR) is 89.2 cm³/mol. The zero-order valence-corrected chi connectivity index (χ0v) is 13.1. The van der Waals surface area contributed by atoms with E-state index in [9.17, 15) is 0 Å². The molecule has 3 N–H and O–H groups in total. The van der Waals surface area contributed by atoms with Crippen LogP contribution >= 0.6 is 0 Å². The van der Waals surface area contributed by atoms with Gasteiger partial charge in [-0.2, -0.15) is 0 Å². The molecule has 2 aromatic rings. The summed E-state index contributed by atoms with van der Waals surface area (Å²) in [5.74, 6) is 0.610. The van der Waals surface area contributed by atoms with Crippen LogP contribution < -0.4 is 11.1 Å². The summed E-state index contributed by atoms with van der Waals surface area (Å²) >= 11 is 0. The van der Waals surface area contributed by atoms with Gasteiger partial charge in [-0.1, -0.05) is 50.2 Å². The molecule has 0 saturated heterocycles. The standard InChI is InChI=1S/C18H25N3/c1-4-18(5-2,14-10-7-6-8-11-14)16(20-3)15-12-9-13-21-17(15)19/h6-13,16,20H,4-5H2,1-3H3,(H2,19,21). The summed E-state index contributed by atoms with van der Waals surface area (Å²) in [6.45, 7) is 4.49. The molecule has 1 aromatic carbocycles. The van der Waals surface area contributed by atoms with Gasteiger partial charge in [-0.05, 0) is 31.5 Å². The second-order valence-electron chi connectivity index (χ2n) is 5.43. The van der Waals surface area contributed by atoms with Gasteiger partial charge in [0.15, 0.2) is 0 Å². The van der Waals surface area contributed by atoms with Crippen molar-refractivity contribution in [3.8, 4) is 0 Å². The highest BCUT2D eigenvalue weighted by atomic mass is 14.9. The van der Waals surface area contributed by atoms with Crippen molar-refractivity contribution in [2.45, 2.75) is 38.1 Å². The zero-order valence-electron chi connectivity index (χ0n) is 13.1. The molecule has 0 spiro atoms. The summed E-state index contributed by atoms with van der Waals surface area (Å²) in [7, 11) is 2.00. The monoisotopic (exact) mass is 283 g/mol. The normalized spacial score (nSPS) is 13.1. The van der Waals surface area contributed by atoms with E-state index in [0.29, 0.717) is 5.82 Å². The molecule has 0 radical (unpaired) electrons. The van der Waals surface area contributed by atoms with E-state index in [-0.39, 0.29) is 11.5 Å². The number of aromatic nitrogens is 1. The third kappa shape index (κ3) is 2.79. The van der Waals surface area contributed by atoms with E-state index in [2.05, 4.69) is 60.5 Å². The molecule has 0 aliphatic heterocycles. The first-order chi connectivity index (χ1) is 10.2. The van der Waals surface area contributed by atoms with Crippen LogP contribution in [0.25, 0.3) is 0 Å². The second kappa shape index (κ2) is 6.72. The average molecular weight is 283 g/mol. The highest BCUT2D eigenvalue weighted by Crippen LogP contribution is 2.43. The number of benzene rings is 1. The van der Waals surface area contributed by atoms with Crippen LogP contribution in [0.5, 0.6) is 0 Å². The summed E-state index contributed by atoms with van der Waals surface area (Å²) in [4.78, 5) is 4.26. The van der Waals surface area contributed by atoms with E-state index >= 15 is 0 Å². The van der Waals surface area contributed by atoms with E-state index in [1.54, 1.807) is 6.20 Å². The molecule has 2 rings (SSSR count). The van der Waals surface area contributed by atoms with Crippen molar-refractivity contribution in [1.29, 1.82) is 0 Å². The number of nitrogens with zero attached hydrogens (tertiary/aromatic N) is 1. The zero-order chi connectivity index (χ0) is 15.3. The topological polar surface area (TPSA) is 50.9 Å². The van der Waals surface area contributed by atoms with Gasteiger partial charge < -0.3 is 11.1 Å². The lowest BCUT2D eigenvalue weighted by molar-refractivity contribution is 0.287. The number of nitrogens with two attached hydrogens (primary N) is 1. The molecular formula is C18H25N3. The predicted octanol–water partition coefficient (Wildman–Crippen LogP) is 3.68. The van der Waals surface area contributed by atoms with E-state index < -0.39 is 0 Å². The van der Waals surface area contributed by atoms with Gasteiger partial charge >= 0.3 is 0 Å². The molecule has 1 atom stereocenters. The minimum atomic E-state index is 0.00711. The summed E-state index contributed by atoms with van der Waals surface area (Å²) in [6, 6.07) is 14.9. The van der Waals surface area contributed by atoms with Crippen molar-refractivity contribution < 1.29 is 0 Å². The first kappa shape index (κ1) is 15.5. The first-order valence-corrected chi connectivity index (χ1v) is 7.62. The van der Waals surface area contributed by atoms with Gasteiger partial charge in [0.2, 0.25) is 0 Å². The Balaban J connectivity index is 2.57. The number of anilines is 1. The van der Waals surface area contributed by atoms with Crippen LogP contribution in [0.15, 0.2) is 48.7 Å². The number of hydrogen-bond acceptors (Lipinski definition) is 3. The Morgan fingerprint density at radius 2 is 1.76 bits per heavy atom. The lowest BCUT2D eigenvalue weighted by Gasteiger charge is -2.40. The quantitative estimate of drug-likeness (QED) is 0.850. The molecule has 0 fully saturated rings. The number of rotatable bonds is 6. The maximum absolute atomic E-state index is 6.13. The van der Waals surface area contributed by atoms with Crippen molar-refractivity contribution in [3.63, 3.8) is 0 Å². The van der Waals surface area contributed by atoms with E-state index in [4.69, 9.17) is 5.73 Å². The van der Waals surface area contributed by atoms with Gasteiger partial charge in [0.1, 0.15) is 5.82 Å². The molecular weight excluding hydrogens is 258 g/mol. The Hall–Kier alpha value is -1.87. The third-order valence-electron chi connectivity index (χ3n) is 4.63. The molecule has 0 aliphatic rings. The van der Waals surface area contributed by atoms with Crippen LogP contribution in [-0.4, -0.2) is 12.0 Å². The molecule has 0 amide bonds. The lowest BCUT2D eigenvalue weighted by atomic mass is 9.68. The molecule has 1 aromatic heterocycles. The summed E-state index contributed by atoms with van der Waals surface area (Å²) < 4.78 is 0. The van der Waals surface area contributed by atoms with Crippen LogP contribution in [0.4, 0.5) is 5.82 Å². The summed E-state index contributed by atoms with van der Waals surface area (Å²) in [5.41, 5.74) is 8.56. The Kier molecular flexibility index (Phi) is 4.97. The van der Waals surface area contributed by atoms with Gasteiger partial charge in [0, 0.05) is 23.2 Å². The minimum absolute atomic E-state index is 0.00711. The number of nitrogens with one attached hydrogen (secondary N) is 1. The van der Waals surface area contributed by atoms with E-state index in [1.807, 2.05) is 13.1 Å². The Morgan fingerprint density at radius 3 is 2.29 bits per heavy atom. The van der Waals surface area contributed by atoms with Crippen LogP contribution in [0.1, 0.15) is 43.9 Å². The van der Waals surface area contributed by atoms with Gasteiger partial charge in [-0.15, -0.1) is 0 Å². The number of nitrogen functional groups attached to an aromatic ring is 1. The second-order valence-corrected chi connectivity index (χ2v) is 5.43. The van der Waals surface area contributed by atoms with E-state index in [0.717, 1.165) is 18.4 Å². The van der Waals surface area contributed by atoms with Crippen molar-refractivity contribution in [3.05, 3.63) is 59.8 Å². The first-order valence-electron chi connectivity index (χ1n) is 7.62. The van der Waals surface area contributed by atoms with Crippen molar-refractivity contribution >= 4 is 5.82 Å². The molecule has 0 saturated carbocycles. The largest absolute Gasteiger partial charge is 0.383 e. The SMILES string of the molecule is CCC(CC)(c1ccccc1)C(NC)c1cccnc1N. The molecule has 0 aliphatic carbocycles. The van der Waals surface area contributed by atoms with E-state index in [1.165, 1.54) is 5.56 Å². The maximum Gasteiger partial charge on any atom is 0.128 e. The number of likely N-dealkylation sites (N-methyl/N-ethyl adjacent to an activating group) is 1. The fourth-order valence-corrected chi connectivity index (χ4v) is 3.41. The van der Waals surface area contributed by atoms with Gasteiger partial charge in [0.25, 0.3) is 0 Å². The average Bonchev–Trinajstić information content (AvgIpc) is 2.55. The fourth-order valence-electron chi connectivity index (χ4n) is 3.41. The highest BCUT2D eigenvalue weighted by Gasteiger charge is 2.38. The molecule has 1 unspecified atom stereocenters. The summed E-state index contributed by atoms with van der Waals surface area (Å²) in [6.07, 6.45) is 3.81. The summed E-state index contributed by atoms with van der Waals surface area (Å²) in [5, 5.41) is 3.48.